The van der Waals surface area contributed by atoms with Gasteiger partial charge in [0.15, 0.2) is 5.82 Å². The van der Waals surface area contributed by atoms with Crippen molar-refractivity contribution in [2.75, 3.05) is 20.0 Å². The highest BCUT2D eigenvalue weighted by Gasteiger charge is 2.40. The molecule has 8 nitrogen and oxygen atoms in total. The van der Waals surface area contributed by atoms with E-state index in [9.17, 15) is 4.79 Å². The Morgan fingerprint density at radius 3 is 2.41 bits per heavy atom. The van der Waals surface area contributed by atoms with E-state index in [1.807, 2.05) is 13.0 Å². The highest BCUT2D eigenvalue weighted by atomic mass is 32.2. The number of nitrogens with two attached hydrogens (primary N) is 1. The maximum absolute atomic E-state index is 12.8. The Labute approximate surface area is 195 Å². The van der Waals surface area contributed by atoms with Crippen molar-refractivity contribution < 1.29 is 23.2 Å². The maximum Gasteiger partial charge on any atom is 0.338 e. The summed E-state index contributed by atoms with van der Waals surface area (Å²) in [6.45, 7) is 14.5. The molecule has 2 aromatic rings. The van der Waals surface area contributed by atoms with Gasteiger partial charge >= 0.3 is 5.97 Å². The van der Waals surface area contributed by atoms with Gasteiger partial charge in [0.05, 0.1) is 25.8 Å². The summed E-state index contributed by atoms with van der Waals surface area (Å²) in [7, 11) is 0.774. The molecule has 2 N–H and O–H groups in total. The molecule has 0 saturated carbocycles. The second kappa shape index (κ2) is 10.3. The number of hydrogen-bond acceptors (Lipinski definition) is 9. The molecule has 32 heavy (non-hydrogen) atoms. The summed E-state index contributed by atoms with van der Waals surface area (Å²) in [5.74, 6) is 2.79. The predicted molar refractivity (Wildman–Crippen MR) is 129 cm³/mol. The van der Waals surface area contributed by atoms with Gasteiger partial charge < -0.3 is 24.2 Å². The van der Waals surface area contributed by atoms with Crippen LogP contribution >= 0.6 is 11.8 Å². The molecule has 0 saturated heterocycles. The summed E-state index contributed by atoms with van der Waals surface area (Å²) in [4.78, 5) is 17.0. The van der Waals surface area contributed by atoms with E-state index < -0.39 is 20.3 Å². The summed E-state index contributed by atoms with van der Waals surface area (Å²) in [5, 5.41) is 3.78. The molecule has 0 aliphatic heterocycles. The fraction of sp³-hybridized carbons (Fsp3) is 0.591. The monoisotopic (exact) mass is 481 g/mol. The predicted octanol–water partition coefficient (Wildman–Crippen LogP) is 4.80. The van der Waals surface area contributed by atoms with Crippen molar-refractivity contribution in [1.82, 2.24) is 10.1 Å². The highest BCUT2D eigenvalue weighted by Crippen LogP contribution is 2.42. The number of aryl methyl sites for hydroxylation is 1. The lowest BCUT2D eigenvalue weighted by molar-refractivity contribution is 0.0598. The van der Waals surface area contributed by atoms with Crippen molar-refractivity contribution in [3.8, 4) is 11.5 Å². The number of hydrogen-bond donors (Lipinski definition) is 1. The second-order valence-corrected chi connectivity index (χ2v) is 15.0. The number of esters is 1. The van der Waals surface area contributed by atoms with Crippen LogP contribution in [-0.2, 0) is 10.5 Å². The summed E-state index contributed by atoms with van der Waals surface area (Å²) in [5.41, 5.74) is 8.18. The Hall–Kier alpha value is -2.04. The van der Waals surface area contributed by atoms with Crippen molar-refractivity contribution in [2.24, 2.45) is 5.73 Å². The zero-order valence-electron chi connectivity index (χ0n) is 20.5. The Kier molecular flexibility index (Phi) is 8.41. The molecule has 10 heteroatoms. The number of methoxy groups -OCH3 is 2. The largest absolute Gasteiger partial charge is 0.543 e. The van der Waals surface area contributed by atoms with Crippen molar-refractivity contribution in [1.29, 1.82) is 0 Å². The minimum atomic E-state index is -2.18. The summed E-state index contributed by atoms with van der Waals surface area (Å²) in [6.07, 6.45) is 0. The molecule has 0 fully saturated rings. The zero-order chi connectivity index (χ0) is 24.3. The van der Waals surface area contributed by atoms with Crippen molar-refractivity contribution >= 4 is 26.0 Å². The van der Waals surface area contributed by atoms with Crippen LogP contribution in [0.25, 0.3) is 0 Å². The molecule has 0 radical (unpaired) electrons. The van der Waals surface area contributed by atoms with Crippen molar-refractivity contribution in [2.45, 2.75) is 64.5 Å². The smallest absolute Gasteiger partial charge is 0.338 e. The first kappa shape index (κ1) is 26.2. The van der Waals surface area contributed by atoms with Gasteiger partial charge in [-0.1, -0.05) is 25.9 Å². The highest BCUT2D eigenvalue weighted by molar-refractivity contribution is 7.98. The molecule has 178 valence electrons. The molecule has 1 atom stereocenters. The fourth-order valence-electron chi connectivity index (χ4n) is 2.86. The van der Waals surface area contributed by atoms with Gasteiger partial charge in [-0.15, -0.1) is 0 Å². The molecule has 0 spiro atoms. The van der Waals surface area contributed by atoms with E-state index in [4.69, 9.17) is 24.2 Å². The van der Waals surface area contributed by atoms with Gasteiger partial charge in [-0.3, -0.25) is 0 Å². The number of carbonyl (C=O) groups excluding carboxylic acids is 1. The Morgan fingerprint density at radius 1 is 1.25 bits per heavy atom. The van der Waals surface area contributed by atoms with Crippen molar-refractivity contribution in [3.63, 3.8) is 0 Å². The topological polar surface area (TPSA) is 110 Å². The van der Waals surface area contributed by atoms with E-state index in [1.165, 1.54) is 7.11 Å². The van der Waals surface area contributed by atoms with Crippen LogP contribution in [0.4, 0.5) is 0 Å². The average molecular weight is 482 g/mol. The van der Waals surface area contributed by atoms with E-state index in [0.717, 1.165) is 5.56 Å². The van der Waals surface area contributed by atoms with Crippen LogP contribution in [-0.4, -0.2) is 44.4 Å². The first-order chi connectivity index (χ1) is 14.8. The molecular weight excluding hydrogens is 446 g/mol. The van der Waals surface area contributed by atoms with Crippen LogP contribution in [0.2, 0.25) is 18.1 Å². The minimum Gasteiger partial charge on any atom is -0.543 e. The fourth-order valence-corrected chi connectivity index (χ4v) is 4.91. The molecule has 0 aliphatic carbocycles. The molecule has 1 aromatic carbocycles. The normalized spacial score (nSPS) is 13.1. The Morgan fingerprint density at radius 2 is 1.91 bits per heavy atom. The quantitative estimate of drug-likeness (QED) is 0.399. The third-order valence-electron chi connectivity index (χ3n) is 5.79. The Bertz CT molecular complexity index is 956. The molecule has 0 unspecified atom stereocenters. The SMILES string of the molecule is COC(=O)c1c(C)c(OC)cc(O[Si](C)(C)C(C)(C)C)c1CSC[C@H](N)c1nc(C)no1. The first-order valence-electron chi connectivity index (χ1n) is 10.4. The lowest BCUT2D eigenvalue weighted by atomic mass is 10.0. The number of thioether (sulfide) groups is 1. The molecular formula is C22H35N3O5SSi. The van der Waals surface area contributed by atoms with Gasteiger partial charge in [0, 0.05) is 28.7 Å². The molecule has 0 aliphatic rings. The first-order valence-corrected chi connectivity index (χ1v) is 14.5. The van der Waals surface area contributed by atoms with Crippen LogP contribution in [0.1, 0.15) is 60.0 Å². The molecule has 0 bridgehead atoms. The number of aromatic nitrogens is 2. The summed E-state index contributed by atoms with van der Waals surface area (Å²) >= 11 is 1.56. The molecule has 0 amide bonds. The van der Waals surface area contributed by atoms with Crippen LogP contribution in [0.5, 0.6) is 11.5 Å². The number of ether oxygens (including phenoxy) is 2. The summed E-state index contributed by atoms with van der Waals surface area (Å²) < 4.78 is 22.5. The molecule has 1 heterocycles. The number of nitrogens with zero attached hydrogens (tertiary/aromatic N) is 2. The molecule has 2 rings (SSSR count). The van der Waals surface area contributed by atoms with Gasteiger partial charge in [-0.05, 0) is 32.0 Å². The number of carbonyl (C=O) groups is 1. The van der Waals surface area contributed by atoms with E-state index >= 15 is 0 Å². The van der Waals surface area contributed by atoms with Crippen LogP contribution in [0, 0.1) is 13.8 Å². The van der Waals surface area contributed by atoms with E-state index in [-0.39, 0.29) is 5.04 Å². The van der Waals surface area contributed by atoms with Gasteiger partial charge in [-0.2, -0.15) is 16.7 Å². The lowest BCUT2D eigenvalue weighted by Crippen LogP contribution is -2.44. The molecule has 1 aromatic heterocycles. The third kappa shape index (κ3) is 5.84. The van der Waals surface area contributed by atoms with Gasteiger partial charge in [0.2, 0.25) is 14.2 Å². The Balaban J connectivity index is 2.44. The van der Waals surface area contributed by atoms with Crippen LogP contribution < -0.4 is 14.9 Å². The zero-order valence-corrected chi connectivity index (χ0v) is 22.3. The summed E-state index contributed by atoms with van der Waals surface area (Å²) in [6, 6.07) is 1.46. The van der Waals surface area contributed by atoms with E-state index in [2.05, 4.69) is 44.0 Å². The van der Waals surface area contributed by atoms with Crippen LogP contribution in [0.3, 0.4) is 0 Å². The minimum absolute atomic E-state index is 0.0147. The van der Waals surface area contributed by atoms with Gasteiger partial charge in [0.1, 0.15) is 11.5 Å². The van der Waals surface area contributed by atoms with E-state index in [0.29, 0.717) is 45.8 Å². The second-order valence-electron chi connectivity index (χ2n) is 9.21. The van der Waals surface area contributed by atoms with Gasteiger partial charge in [-0.25, -0.2) is 4.79 Å². The van der Waals surface area contributed by atoms with E-state index in [1.54, 1.807) is 25.8 Å². The van der Waals surface area contributed by atoms with Crippen molar-refractivity contribution in [3.05, 3.63) is 34.5 Å². The number of benzene rings is 1. The standard InChI is InChI=1S/C22H35N3O5SSi/c1-13-17(27-6)10-18(30-32(8,9)22(3,4)5)15(19(13)21(26)28-7)11-31-12-16(23)20-24-14(2)25-29-20/h10,16H,11-12,23H2,1-9H3/t16-/m0/s1. The number of rotatable bonds is 9. The lowest BCUT2D eigenvalue weighted by Gasteiger charge is -2.37. The van der Waals surface area contributed by atoms with Gasteiger partial charge in [0.25, 0.3) is 0 Å². The maximum atomic E-state index is 12.8. The average Bonchev–Trinajstić information content (AvgIpc) is 3.14. The third-order valence-corrected chi connectivity index (χ3v) is 11.2. The van der Waals surface area contributed by atoms with Crippen LogP contribution in [0.15, 0.2) is 10.6 Å².